The van der Waals surface area contributed by atoms with Crippen molar-refractivity contribution in [3.05, 3.63) is 0 Å². The zero-order chi connectivity index (χ0) is 23.3. The molecule has 1 saturated carbocycles. The quantitative estimate of drug-likeness (QED) is 0.548. The van der Waals surface area contributed by atoms with Gasteiger partial charge in [0.2, 0.25) is 0 Å². The summed E-state index contributed by atoms with van der Waals surface area (Å²) in [6.45, 7) is 10.4. The summed E-state index contributed by atoms with van der Waals surface area (Å²) < 4.78 is 0. The van der Waals surface area contributed by atoms with Crippen LogP contribution in [-0.4, -0.2) is 97.9 Å². The highest BCUT2D eigenvalue weighted by Gasteiger charge is 2.41. The zero-order valence-corrected chi connectivity index (χ0v) is 20.9. The highest BCUT2D eigenvalue weighted by Crippen LogP contribution is 2.36. The van der Waals surface area contributed by atoms with Gasteiger partial charge in [0.1, 0.15) is 0 Å². The molecule has 0 aromatic carbocycles. The van der Waals surface area contributed by atoms with Crippen LogP contribution < -0.4 is 16.0 Å². The number of hydrogen-bond donors (Lipinski definition) is 3. The van der Waals surface area contributed by atoms with Gasteiger partial charge in [0.15, 0.2) is 0 Å². The van der Waals surface area contributed by atoms with Crippen LogP contribution in [0.15, 0.2) is 0 Å². The van der Waals surface area contributed by atoms with Crippen LogP contribution in [0.1, 0.15) is 57.8 Å². The van der Waals surface area contributed by atoms with E-state index in [1.54, 1.807) is 0 Å². The van der Waals surface area contributed by atoms with Gasteiger partial charge in [-0.25, -0.2) is 4.79 Å². The van der Waals surface area contributed by atoms with Gasteiger partial charge < -0.3 is 20.9 Å². The van der Waals surface area contributed by atoms with Crippen LogP contribution in [0, 0.1) is 29.1 Å². The molecule has 8 heteroatoms. The number of hydrogen-bond acceptors (Lipinski definition) is 6. The highest BCUT2D eigenvalue weighted by atomic mass is 16.2. The van der Waals surface area contributed by atoms with E-state index in [9.17, 15) is 10.1 Å². The van der Waals surface area contributed by atoms with Crippen LogP contribution in [0.3, 0.4) is 0 Å². The maximum absolute atomic E-state index is 12.5. The molecule has 6 rings (SSSR count). The first-order valence-corrected chi connectivity index (χ1v) is 14.1. The predicted octanol–water partition coefficient (Wildman–Crippen LogP) is 1.80. The lowest BCUT2D eigenvalue weighted by molar-refractivity contribution is -0.0205. The van der Waals surface area contributed by atoms with Crippen molar-refractivity contribution in [2.24, 2.45) is 17.8 Å². The molecule has 5 aliphatic heterocycles. The van der Waals surface area contributed by atoms with E-state index in [4.69, 9.17) is 0 Å². The van der Waals surface area contributed by atoms with Gasteiger partial charge in [0.05, 0.1) is 12.2 Å². The molecule has 0 aromatic rings. The van der Waals surface area contributed by atoms with Crippen LogP contribution in [0.2, 0.25) is 0 Å². The predicted molar refractivity (Wildman–Crippen MR) is 133 cm³/mol. The van der Waals surface area contributed by atoms with Crippen LogP contribution in [0.25, 0.3) is 0 Å². The topological polar surface area (TPSA) is 86.7 Å². The smallest absolute Gasteiger partial charge is 0.315 e. The molecule has 6 fully saturated rings. The molecule has 34 heavy (non-hydrogen) atoms. The Hall–Kier alpha value is -1.40. The van der Waals surface area contributed by atoms with Crippen molar-refractivity contribution in [3.63, 3.8) is 0 Å². The van der Waals surface area contributed by atoms with Gasteiger partial charge in [-0.15, -0.1) is 0 Å². The van der Waals surface area contributed by atoms with Crippen LogP contribution in [0.4, 0.5) is 4.79 Å². The maximum Gasteiger partial charge on any atom is 0.315 e. The summed E-state index contributed by atoms with van der Waals surface area (Å²) in [5, 5.41) is 19.2. The summed E-state index contributed by atoms with van der Waals surface area (Å²) in [6.07, 6.45) is 11.0. The third-order valence-corrected chi connectivity index (χ3v) is 9.33. The minimum Gasteiger partial charge on any atom is -0.337 e. The van der Waals surface area contributed by atoms with Gasteiger partial charge >= 0.3 is 6.03 Å². The summed E-state index contributed by atoms with van der Waals surface area (Å²) in [5.41, 5.74) is 0. The second-order valence-corrected chi connectivity index (χ2v) is 11.5. The molecule has 0 radical (unpaired) electrons. The minimum atomic E-state index is -0.0480. The normalized spacial score (nSPS) is 39.3. The number of nitriles is 1. The number of fused-ring (bicyclic) bond motifs is 3. The van der Waals surface area contributed by atoms with Crippen molar-refractivity contribution in [2.45, 2.75) is 76.0 Å². The Morgan fingerprint density at radius 2 is 1.85 bits per heavy atom. The van der Waals surface area contributed by atoms with E-state index in [-0.39, 0.29) is 18.0 Å². The van der Waals surface area contributed by atoms with E-state index in [0.29, 0.717) is 12.2 Å². The van der Waals surface area contributed by atoms with E-state index in [1.807, 2.05) is 0 Å². The molecule has 2 amide bonds. The van der Waals surface area contributed by atoms with Crippen molar-refractivity contribution in [2.75, 3.05) is 58.9 Å². The van der Waals surface area contributed by atoms with E-state index < -0.39 is 0 Å². The molecule has 190 valence electrons. The molecule has 2 bridgehead atoms. The molecule has 0 spiro atoms. The summed E-state index contributed by atoms with van der Waals surface area (Å²) in [4.78, 5) is 20.5. The molecule has 8 nitrogen and oxygen atoms in total. The molecular formula is C26H45N7O. The fraction of sp³-hybridized carbons (Fsp3) is 0.923. The van der Waals surface area contributed by atoms with Crippen molar-refractivity contribution in [1.29, 1.82) is 5.26 Å². The van der Waals surface area contributed by atoms with Crippen LogP contribution in [0.5, 0.6) is 0 Å². The fourth-order valence-electron chi connectivity index (χ4n) is 7.29. The van der Waals surface area contributed by atoms with E-state index in [0.717, 1.165) is 44.1 Å². The minimum absolute atomic E-state index is 0.0480. The van der Waals surface area contributed by atoms with E-state index in [1.165, 1.54) is 84.5 Å². The fourth-order valence-corrected chi connectivity index (χ4v) is 7.29. The molecule has 3 N–H and O–H groups in total. The van der Waals surface area contributed by atoms with Gasteiger partial charge in [0, 0.05) is 63.8 Å². The van der Waals surface area contributed by atoms with Crippen molar-refractivity contribution < 1.29 is 4.79 Å². The Morgan fingerprint density at radius 1 is 0.971 bits per heavy atom. The number of carbonyl (C=O) groups is 1. The van der Waals surface area contributed by atoms with Crippen LogP contribution >= 0.6 is 0 Å². The van der Waals surface area contributed by atoms with Gasteiger partial charge in [-0.3, -0.25) is 9.80 Å². The molecular weight excluding hydrogens is 426 g/mol. The lowest BCUT2D eigenvalue weighted by atomic mass is 9.75. The molecule has 6 aliphatic rings. The lowest BCUT2D eigenvalue weighted by Crippen LogP contribution is -2.60. The van der Waals surface area contributed by atoms with E-state index in [2.05, 4.69) is 36.7 Å². The number of piperazine rings is 1. The lowest BCUT2D eigenvalue weighted by Gasteiger charge is -2.51. The van der Waals surface area contributed by atoms with Gasteiger partial charge in [-0.1, -0.05) is 6.42 Å². The molecule has 4 unspecified atom stereocenters. The number of carbonyl (C=O) groups excluding carboxylic acids is 1. The summed E-state index contributed by atoms with van der Waals surface area (Å²) in [6, 6.07) is 2.96. The molecule has 0 aromatic heterocycles. The number of urea groups is 1. The molecule has 5 heterocycles. The number of rotatable bonds is 6. The van der Waals surface area contributed by atoms with E-state index >= 15 is 0 Å². The Morgan fingerprint density at radius 3 is 2.59 bits per heavy atom. The third-order valence-electron chi connectivity index (χ3n) is 9.33. The Kier molecular flexibility index (Phi) is 8.26. The van der Waals surface area contributed by atoms with Crippen molar-refractivity contribution >= 4 is 6.03 Å². The first-order chi connectivity index (χ1) is 16.7. The Labute approximate surface area is 205 Å². The maximum atomic E-state index is 12.5. The first kappa shape index (κ1) is 24.3. The number of nitrogens with one attached hydrogen (secondary N) is 3. The number of amides is 2. The summed E-state index contributed by atoms with van der Waals surface area (Å²) >= 11 is 0. The summed E-state index contributed by atoms with van der Waals surface area (Å²) in [5.74, 6) is 1.68. The average Bonchev–Trinajstić information content (AvgIpc) is 2.89. The zero-order valence-electron chi connectivity index (χ0n) is 20.9. The van der Waals surface area contributed by atoms with Gasteiger partial charge in [0.25, 0.3) is 0 Å². The summed E-state index contributed by atoms with van der Waals surface area (Å²) in [7, 11) is 0. The SMILES string of the molecule is N#CC1CCCC(NC(=O)NC[C@H]2C[C@@H]3CCN2C[C@H]3CN2CCN(C3CCCCN3)CC2)C1. The third kappa shape index (κ3) is 6.04. The molecule has 5 saturated heterocycles. The van der Waals surface area contributed by atoms with Crippen molar-refractivity contribution in [3.8, 4) is 6.07 Å². The number of nitrogens with zero attached hydrogens (tertiary/aromatic N) is 4. The standard InChI is InChI=1S/C26H45N7O/c27-16-20-4-3-5-23(14-20)30-26(34)29-17-24-15-21-7-9-33(24)19-22(21)18-31-10-12-32(13-11-31)25-6-1-2-8-28-25/h20-25,28H,1-15,17-19H2,(H2,29,30,34)/t20?,21-,22+,23?,24+,25?/m0/s1. The van der Waals surface area contributed by atoms with Gasteiger partial charge in [-0.05, 0) is 76.3 Å². The Balaban J connectivity index is 1.01. The highest BCUT2D eigenvalue weighted by molar-refractivity contribution is 5.74. The molecule has 1 aliphatic carbocycles. The monoisotopic (exact) mass is 471 g/mol. The van der Waals surface area contributed by atoms with Crippen LogP contribution in [-0.2, 0) is 0 Å². The second kappa shape index (κ2) is 11.6. The first-order valence-electron chi connectivity index (χ1n) is 14.1. The molecule has 7 atom stereocenters. The average molecular weight is 472 g/mol. The Bertz CT molecular complexity index is 712. The van der Waals surface area contributed by atoms with Gasteiger partial charge in [-0.2, -0.15) is 5.26 Å². The second-order valence-electron chi connectivity index (χ2n) is 11.5. The van der Waals surface area contributed by atoms with Crippen molar-refractivity contribution in [1.82, 2.24) is 30.7 Å². The number of piperidine rings is 4. The largest absolute Gasteiger partial charge is 0.337 e.